The lowest BCUT2D eigenvalue weighted by Crippen LogP contribution is -2.44. The number of anilines is 4. The molecule has 4 heterocycles. The third kappa shape index (κ3) is 4.87. The molecule has 2 N–H and O–H groups in total. The molecule has 0 aromatic carbocycles. The zero-order chi connectivity index (χ0) is 21.8. The molecule has 0 aliphatic carbocycles. The quantitative estimate of drug-likeness (QED) is 0.571. The standard InChI is InChI=1S/C22H33N9/c1-5-6-9-29(4)22-27-20(13-21(28-22)30-10-7-23-8-11-30)26-19-12-18-17(14-24-19)15-25-31(18)16(2)3/h12-16,23H,5-11H2,1-4H3,(H,24,26,27,28). The maximum absolute atomic E-state index is 4.87. The van der Waals surface area contributed by atoms with E-state index in [1.54, 1.807) is 0 Å². The minimum absolute atomic E-state index is 0.282. The zero-order valence-electron chi connectivity index (χ0n) is 19.0. The van der Waals surface area contributed by atoms with Crippen LogP contribution < -0.4 is 20.4 Å². The van der Waals surface area contributed by atoms with Gasteiger partial charge in [0.05, 0.1) is 11.7 Å². The maximum atomic E-state index is 4.87. The third-order valence-corrected chi connectivity index (χ3v) is 5.56. The van der Waals surface area contributed by atoms with Gasteiger partial charge in [-0.05, 0) is 20.3 Å². The van der Waals surface area contributed by atoms with Crippen LogP contribution in [0.25, 0.3) is 10.9 Å². The monoisotopic (exact) mass is 423 g/mol. The molecule has 0 spiro atoms. The molecule has 9 nitrogen and oxygen atoms in total. The topological polar surface area (TPSA) is 87.0 Å². The van der Waals surface area contributed by atoms with E-state index in [9.17, 15) is 0 Å². The first-order valence-electron chi connectivity index (χ1n) is 11.2. The molecule has 9 heteroatoms. The highest BCUT2D eigenvalue weighted by molar-refractivity contribution is 5.81. The smallest absolute Gasteiger partial charge is 0.229 e. The van der Waals surface area contributed by atoms with Gasteiger partial charge in [-0.15, -0.1) is 0 Å². The van der Waals surface area contributed by atoms with E-state index in [0.717, 1.165) is 79.9 Å². The Bertz CT molecular complexity index is 1010. The molecule has 0 unspecified atom stereocenters. The Morgan fingerprint density at radius 3 is 2.68 bits per heavy atom. The van der Waals surface area contributed by atoms with Crippen molar-refractivity contribution in [3.8, 4) is 0 Å². The molecule has 3 aromatic rings. The van der Waals surface area contributed by atoms with E-state index in [1.165, 1.54) is 0 Å². The van der Waals surface area contributed by atoms with E-state index < -0.39 is 0 Å². The van der Waals surface area contributed by atoms with Gasteiger partial charge in [-0.25, -0.2) is 4.98 Å². The summed E-state index contributed by atoms with van der Waals surface area (Å²) in [5.41, 5.74) is 1.06. The highest BCUT2D eigenvalue weighted by Crippen LogP contribution is 2.25. The maximum Gasteiger partial charge on any atom is 0.229 e. The fourth-order valence-electron chi connectivity index (χ4n) is 3.76. The number of pyridine rings is 1. The van der Waals surface area contributed by atoms with E-state index in [-0.39, 0.29) is 6.04 Å². The Morgan fingerprint density at radius 1 is 1.13 bits per heavy atom. The van der Waals surface area contributed by atoms with Gasteiger partial charge >= 0.3 is 0 Å². The highest BCUT2D eigenvalue weighted by Gasteiger charge is 2.17. The second kappa shape index (κ2) is 9.47. The summed E-state index contributed by atoms with van der Waals surface area (Å²) in [6.45, 7) is 11.2. The van der Waals surface area contributed by atoms with Crippen LogP contribution in [0.5, 0.6) is 0 Å². The lowest BCUT2D eigenvalue weighted by atomic mass is 10.3. The lowest BCUT2D eigenvalue weighted by Gasteiger charge is -2.29. The molecular formula is C22H33N9. The van der Waals surface area contributed by atoms with Gasteiger partial charge in [0.15, 0.2) is 0 Å². The molecule has 4 rings (SSSR count). The molecule has 1 aliphatic heterocycles. The highest BCUT2D eigenvalue weighted by atomic mass is 15.3. The summed E-state index contributed by atoms with van der Waals surface area (Å²) in [7, 11) is 2.06. The molecule has 31 heavy (non-hydrogen) atoms. The van der Waals surface area contributed by atoms with Gasteiger partial charge in [-0.2, -0.15) is 15.1 Å². The van der Waals surface area contributed by atoms with Crippen molar-refractivity contribution in [3.05, 3.63) is 24.5 Å². The average molecular weight is 424 g/mol. The first kappa shape index (κ1) is 21.3. The van der Waals surface area contributed by atoms with E-state index in [4.69, 9.17) is 9.97 Å². The van der Waals surface area contributed by atoms with Crippen LogP contribution in [0.2, 0.25) is 0 Å². The normalized spacial score (nSPS) is 14.4. The average Bonchev–Trinajstić information content (AvgIpc) is 3.21. The van der Waals surface area contributed by atoms with Crippen LogP contribution in [-0.4, -0.2) is 64.5 Å². The van der Waals surface area contributed by atoms with Crippen molar-refractivity contribution >= 4 is 34.3 Å². The number of nitrogens with one attached hydrogen (secondary N) is 2. The molecular weight excluding hydrogens is 390 g/mol. The van der Waals surface area contributed by atoms with Crippen LogP contribution >= 0.6 is 0 Å². The molecule has 1 fully saturated rings. The summed E-state index contributed by atoms with van der Waals surface area (Å²) in [4.78, 5) is 18.7. The van der Waals surface area contributed by atoms with Gasteiger partial charge in [0.25, 0.3) is 0 Å². The number of hydrogen-bond donors (Lipinski definition) is 2. The molecule has 0 saturated carbocycles. The predicted molar refractivity (Wildman–Crippen MR) is 126 cm³/mol. The van der Waals surface area contributed by atoms with Crippen molar-refractivity contribution in [2.75, 3.05) is 54.9 Å². The largest absolute Gasteiger partial charge is 0.354 e. The Hall–Kier alpha value is -2.94. The molecule has 0 bridgehead atoms. The molecule has 1 aliphatic rings. The first-order chi connectivity index (χ1) is 15.0. The Morgan fingerprint density at radius 2 is 1.94 bits per heavy atom. The van der Waals surface area contributed by atoms with E-state index in [2.05, 4.69) is 58.3 Å². The SMILES string of the molecule is CCCCN(C)c1nc(Nc2cc3c(cn2)cnn3C(C)C)cc(N2CCNCC2)n1. The fourth-order valence-corrected chi connectivity index (χ4v) is 3.76. The molecule has 0 radical (unpaired) electrons. The minimum Gasteiger partial charge on any atom is -0.354 e. The molecule has 0 atom stereocenters. The summed E-state index contributed by atoms with van der Waals surface area (Å²) < 4.78 is 2.01. The van der Waals surface area contributed by atoms with E-state index >= 15 is 0 Å². The van der Waals surface area contributed by atoms with Crippen LogP contribution in [0.4, 0.5) is 23.4 Å². The minimum atomic E-state index is 0.282. The Balaban J connectivity index is 1.66. The summed E-state index contributed by atoms with van der Waals surface area (Å²) in [6, 6.07) is 4.34. The number of aromatic nitrogens is 5. The molecule has 166 valence electrons. The van der Waals surface area contributed by atoms with Crippen molar-refractivity contribution in [2.24, 2.45) is 0 Å². The number of fused-ring (bicyclic) bond motifs is 1. The number of hydrogen-bond acceptors (Lipinski definition) is 8. The van der Waals surface area contributed by atoms with Crippen LogP contribution in [0.1, 0.15) is 39.7 Å². The van der Waals surface area contributed by atoms with Crippen molar-refractivity contribution in [1.29, 1.82) is 0 Å². The Labute approximate surface area is 183 Å². The van der Waals surface area contributed by atoms with Gasteiger partial charge in [-0.3, -0.25) is 4.68 Å². The fraction of sp³-hybridized carbons (Fsp3) is 0.545. The second-order valence-electron chi connectivity index (χ2n) is 8.36. The molecule has 1 saturated heterocycles. The summed E-state index contributed by atoms with van der Waals surface area (Å²) >= 11 is 0. The van der Waals surface area contributed by atoms with E-state index in [0.29, 0.717) is 0 Å². The number of nitrogens with zero attached hydrogens (tertiary/aromatic N) is 7. The van der Waals surface area contributed by atoms with Gasteiger partial charge in [0.1, 0.15) is 17.5 Å². The van der Waals surface area contributed by atoms with Crippen molar-refractivity contribution in [3.63, 3.8) is 0 Å². The van der Waals surface area contributed by atoms with Crippen molar-refractivity contribution in [2.45, 2.75) is 39.7 Å². The van der Waals surface area contributed by atoms with Gasteiger partial charge in [-0.1, -0.05) is 13.3 Å². The first-order valence-corrected chi connectivity index (χ1v) is 11.2. The predicted octanol–water partition coefficient (Wildman–Crippen LogP) is 3.19. The Kier molecular flexibility index (Phi) is 6.50. The van der Waals surface area contributed by atoms with Crippen molar-refractivity contribution in [1.82, 2.24) is 30.0 Å². The number of rotatable bonds is 8. The van der Waals surface area contributed by atoms with Crippen LogP contribution in [0.3, 0.4) is 0 Å². The van der Waals surface area contributed by atoms with Crippen LogP contribution in [-0.2, 0) is 0 Å². The van der Waals surface area contributed by atoms with Gasteiger partial charge < -0.3 is 20.4 Å². The second-order valence-corrected chi connectivity index (χ2v) is 8.36. The van der Waals surface area contributed by atoms with Crippen LogP contribution in [0.15, 0.2) is 24.5 Å². The van der Waals surface area contributed by atoms with Crippen molar-refractivity contribution < 1.29 is 0 Å². The lowest BCUT2D eigenvalue weighted by molar-refractivity contribution is 0.551. The third-order valence-electron chi connectivity index (χ3n) is 5.56. The van der Waals surface area contributed by atoms with Crippen LogP contribution in [0, 0.1) is 0 Å². The summed E-state index contributed by atoms with van der Waals surface area (Å²) in [5, 5.41) is 12.3. The summed E-state index contributed by atoms with van der Waals surface area (Å²) in [6.07, 6.45) is 5.97. The van der Waals surface area contributed by atoms with Gasteiger partial charge in [0.2, 0.25) is 5.95 Å². The molecule has 0 amide bonds. The van der Waals surface area contributed by atoms with Gasteiger partial charge in [0, 0.05) is 69.5 Å². The van der Waals surface area contributed by atoms with E-state index in [1.807, 2.05) is 29.2 Å². The summed E-state index contributed by atoms with van der Waals surface area (Å²) in [5.74, 6) is 3.19. The zero-order valence-corrected chi connectivity index (χ0v) is 19.0. The molecule has 3 aromatic heterocycles. The number of piperazine rings is 1. The number of unbranched alkanes of at least 4 members (excludes halogenated alkanes) is 1.